The van der Waals surface area contributed by atoms with Crippen LogP contribution in [0.5, 0.6) is 0 Å². The molecular formula is C13H22N2. The highest BCUT2D eigenvalue weighted by molar-refractivity contribution is 5.25. The largest absolute Gasteiger partial charge is 0.313 e. The maximum atomic E-state index is 4.22. The molecule has 0 radical (unpaired) electrons. The molecule has 1 aromatic rings. The van der Waals surface area contributed by atoms with Gasteiger partial charge in [-0.15, -0.1) is 0 Å². The van der Waals surface area contributed by atoms with Crippen molar-refractivity contribution in [2.24, 2.45) is 11.8 Å². The maximum Gasteiger partial charge on any atom is 0.0363 e. The summed E-state index contributed by atoms with van der Waals surface area (Å²) >= 11 is 0. The summed E-state index contributed by atoms with van der Waals surface area (Å²) in [5.41, 5.74) is 2.64. The van der Waals surface area contributed by atoms with Crippen LogP contribution in [0.25, 0.3) is 0 Å². The van der Waals surface area contributed by atoms with Gasteiger partial charge in [0.05, 0.1) is 0 Å². The van der Waals surface area contributed by atoms with Crippen molar-refractivity contribution in [2.45, 2.75) is 33.7 Å². The number of rotatable bonds is 4. The standard InChI is InChI=1S/C13H22N2/c1-9(2)11(4)13(14-5)12-8-15-7-6-10(12)3/h6-9,11,13-14H,1-5H3. The van der Waals surface area contributed by atoms with Crippen LogP contribution in [0.2, 0.25) is 0 Å². The fourth-order valence-corrected chi connectivity index (χ4v) is 1.89. The average molecular weight is 206 g/mol. The number of aryl methyl sites for hydroxylation is 1. The number of hydrogen-bond donors (Lipinski definition) is 1. The first-order valence-corrected chi connectivity index (χ1v) is 5.65. The first kappa shape index (κ1) is 12.2. The molecule has 2 unspecified atom stereocenters. The molecule has 0 amide bonds. The van der Waals surface area contributed by atoms with Gasteiger partial charge in [0.15, 0.2) is 0 Å². The van der Waals surface area contributed by atoms with Gasteiger partial charge < -0.3 is 5.32 Å². The van der Waals surface area contributed by atoms with Gasteiger partial charge >= 0.3 is 0 Å². The van der Waals surface area contributed by atoms with Crippen LogP contribution in [0.4, 0.5) is 0 Å². The van der Waals surface area contributed by atoms with Crippen molar-refractivity contribution in [3.8, 4) is 0 Å². The van der Waals surface area contributed by atoms with Gasteiger partial charge in [-0.1, -0.05) is 20.8 Å². The minimum Gasteiger partial charge on any atom is -0.313 e. The molecule has 1 rings (SSSR count). The van der Waals surface area contributed by atoms with E-state index in [4.69, 9.17) is 0 Å². The molecule has 0 fully saturated rings. The highest BCUT2D eigenvalue weighted by atomic mass is 14.9. The van der Waals surface area contributed by atoms with Gasteiger partial charge in [0, 0.05) is 18.4 Å². The van der Waals surface area contributed by atoms with E-state index in [9.17, 15) is 0 Å². The van der Waals surface area contributed by atoms with E-state index >= 15 is 0 Å². The second-order valence-corrected chi connectivity index (χ2v) is 4.60. The van der Waals surface area contributed by atoms with E-state index in [1.165, 1.54) is 11.1 Å². The third-order valence-electron chi connectivity index (χ3n) is 3.30. The predicted molar refractivity (Wildman–Crippen MR) is 64.8 cm³/mol. The average Bonchev–Trinajstić information content (AvgIpc) is 2.21. The summed E-state index contributed by atoms with van der Waals surface area (Å²) in [6, 6.07) is 2.48. The molecule has 2 heteroatoms. The van der Waals surface area contributed by atoms with Crippen molar-refractivity contribution < 1.29 is 0 Å². The summed E-state index contributed by atoms with van der Waals surface area (Å²) in [6.07, 6.45) is 3.83. The van der Waals surface area contributed by atoms with E-state index in [2.05, 4.69) is 44.1 Å². The third kappa shape index (κ3) is 2.78. The second-order valence-electron chi connectivity index (χ2n) is 4.60. The first-order valence-electron chi connectivity index (χ1n) is 5.65. The van der Waals surface area contributed by atoms with Gasteiger partial charge in [-0.25, -0.2) is 0 Å². The fourth-order valence-electron chi connectivity index (χ4n) is 1.89. The number of aromatic nitrogens is 1. The van der Waals surface area contributed by atoms with Crippen molar-refractivity contribution >= 4 is 0 Å². The lowest BCUT2D eigenvalue weighted by molar-refractivity contribution is 0.316. The van der Waals surface area contributed by atoms with Crippen LogP contribution in [0.1, 0.15) is 37.9 Å². The van der Waals surface area contributed by atoms with Crippen LogP contribution in [0, 0.1) is 18.8 Å². The fraction of sp³-hybridized carbons (Fsp3) is 0.615. The lowest BCUT2D eigenvalue weighted by Crippen LogP contribution is -2.27. The molecule has 0 saturated carbocycles. The molecule has 0 saturated heterocycles. The minimum atomic E-state index is 0.402. The molecule has 2 atom stereocenters. The minimum absolute atomic E-state index is 0.402. The lowest BCUT2D eigenvalue weighted by atomic mass is 9.85. The molecule has 1 aromatic heterocycles. The Hall–Kier alpha value is -0.890. The van der Waals surface area contributed by atoms with E-state index < -0.39 is 0 Å². The van der Waals surface area contributed by atoms with Crippen LogP contribution < -0.4 is 5.32 Å². The van der Waals surface area contributed by atoms with Crippen molar-refractivity contribution in [1.29, 1.82) is 0 Å². The Morgan fingerprint density at radius 2 is 1.93 bits per heavy atom. The Morgan fingerprint density at radius 3 is 2.40 bits per heavy atom. The van der Waals surface area contributed by atoms with Crippen LogP contribution >= 0.6 is 0 Å². The Balaban J connectivity index is 2.97. The molecule has 0 aliphatic rings. The molecule has 0 bridgehead atoms. The van der Waals surface area contributed by atoms with E-state index in [1.54, 1.807) is 0 Å². The van der Waals surface area contributed by atoms with Gasteiger partial charge in [-0.2, -0.15) is 0 Å². The van der Waals surface area contributed by atoms with Crippen LogP contribution in [0.3, 0.4) is 0 Å². The monoisotopic (exact) mass is 206 g/mol. The number of nitrogens with zero attached hydrogens (tertiary/aromatic N) is 1. The molecule has 0 aliphatic carbocycles. The lowest BCUT2D eigenvalue weighted by Gasteiger charge is -2.27. The highest BCUT2D eigenvalue weighted by Gasteiger charge is 2.21. The van der Waals surface area contributed by atoms with Crippen molar-refractivity contribution in [3.05, 3.63) is 29.6 Å². The van der Waals surface area contributed by atoms with Crippen molar-refractivity contribution in [2.75, 3.05) is 7.05 Å². The first-order chi connectivity index (χ1) is 7.07. The van der Waals surface area contributed by atoms with Gasteiger partial charge in [-0.05, 0) is 43.0 Å². The summed E-state index contributed by atoms with van der Waals surface area (Å²) in [6.45, 7) is 8.97. The van der Waals surface area contributed by atoms with Crippen LogP contribution in [-0.2, 0) is 0 Å². The van der Waals surface area contributed by atoms with E-state index in [-0.39, 0.29) is 0 Å². The molecular weight excluding hydrogens is 184 g/mol. The molecule has 0 aliphatic heterocycles. The van der Waals surface area contributed by atoms with Crippen molar-refractivity contribution in [1.82, 2.24) is 10.3 Å². The Bertz CT molecular complexity index is 307. The summed E-state index contributed by atoms with van der Waals surface area (Å²) in [7, 11) is 2.02. The topological polar surface area (TPSA) is 24.9 Å². The summed E-state index contributed by atoms with van der Waals surface area (Å²) in [4.78, 5) is 4.22. The molecule has 15 heavy (non-hydrogen) atoms. The quantitative estimate of drug-likeness (QED) is 0.819. The summed E-state index contributed by atoms with van der Waals surface area (Å²) < 4.78 is 0. The predicted octanol–water partition coefficient (Wildman–Crippen LogP) is 2.94. The van der Waals surface area contributed by atoms with E-state index in [1.807, 2.05) is 19.4 Å². The second kappa shape index (κ2) is 5.26. The summed E-state index contributed by atoms with van der Waals surface area (Å²) in [5.74, 6) is 1.28. The Kier molecular flexibility index (Phi) is 4.28. The van der Waals surface area contributed by atoms with Crippen molar-refractivity contribution in [3.63, 3.8) is 0 Å². The zero-order valence-electron chi connectivity index (χ0n) is 10.4. The highest BCUT2D eigenvalue weighted by Crippen LogP contribution is 2.28. The Morgan fingerprint density at radius 1 is 1.27 bits per heavy atom. The SMILES string of the molecule is CNC(c1cnccc1C)C(C)C(C)C. The zero-order chi connectivity index (χ0) is 11.4. The molecule has 84 valence electrons. The smallest absolute Gasteiger partial charge is 0.0363 e. The number of hydrogen-bond acceptors (Lipinski definition) is 2. The zero-order valence-corrected chi connectivity index (χ0v) is 10.4. The Labute approximate surface area is 93.1 Å². The molecule has 1 heterocycles. The van der Waals surface area contributed by atoms with E-state index in [0.717, 1.165) is 0 Å². The molecule has 2 nitrogen and oxygen atoms in total. The number of pyridine rings is 1. The van der Waals surface area contributed by atoms with Gasteiger partial charge in [0.25, 0.3) is 0 Å². The maximum absolute atomic E-state index is 4.22. The van der Waals surface area contributed by atoms with Crippen LogP contribution in [0.15, 0.2) is 18.5 Å². The molecule has 0 spiro atoms. The number of nitrogens with one attached hydrogen (secondary N) is 1. The van der Waals surface area contributed by atoms with Gasteiger partial charge in [0.1, 0.15) is 0 Å². The van der Waals surface area contributed by atoms with Crippen LogP contribution in [-0.4, -0.2) is 12.0 Å². The molecule has 1 N–H and O–H groups in total. The van der Waals surface area contributed by atoms with E-state index in [0.29, 0.717) is 17.9 Å². The normalized spacial score (nSPS) is 15.3. The van der Waals surface area contributed by atoms with Gasteiger partial charge in [-0.3, -0.25) is 4.98 Å². The van der Waals surface area contributed by atoms with Gasteiger partial charge in [0.2, 0.25) is 0 Å². The summed E-state index contributed by atoms with van der Waals surface area (Å²) in [5, 5.41) is 3.40. The third-order valence-corrected chi connectivity index (χ3v) is 3.30. The molecule has 0 aromatic carbocycles.